The molecule has 1 aromatic heterocycles. The number of carbonyl (C=O) groups excluding carboxylic acids is 1. The second-order valence-corrected chi connectivity index (χ2v) is 4.76. The number of amides is 1. The number of nitrogens with one attached hydrogen (secondary N) is 2. The lowest BCUT2D eigenvalue weighted by Crippen LogP contribution is -2.33. The molecular weight excluding hydrogens is 288 g/mol. The van der Waals surface area contributed by atoms with Gasteiger partial charge in [0, 0.05) is 25.0 Å². The summed E-state index contributed by atoms with van der Waals surface area (Å²) in [5, 5.41) is 11.4. The Kier molecular flexibility index (Phi) is 4.89. The van der Waals surface area contributed by atoms with Crippen LogP contribution in [0.4, 0.5) is 0 Å². The van der Waals surface area contributed by atoms with Crippen LogP contribution < -0.4 is 10.7 Å². The molecule has 1 rings (SSSR count). The van der Waals surface area contributed by atoms with Gasteiger partial charge in [-0.25, -0.2) is 0 Å². The first-order valence-electron chi connectivity index (χ1n) is 5.24. The molecule has 0 spiro atoms. The van der Waals surface area contributed by atoms with Gasteiger partial charge < -0.3 is 15.4 Å². The highest BCUT2D eigenvalue weighted by Crippen LogP contribution is 2.08. The van der Waals surface area contributed by atoms with Gasteiger partial charge in [-0.05, 0) is 28.8 Å². The minimum Gasteiger partial charge on any atom is -0.396 e. The molecule has 3 N–H and O–H groups in total. The van der Waals surface area contributed by atoms with E-state index in [0.717, 1.165) is 0 Å². The largest absolute Gasteiger partial charge is 0.396 e. The summed E-state index contributed by atoms with van der Waals surface area (Å²) in [5.41, 5.74) is 0.401. The quantitative estimate of drug-likeness (QED) is 0.769. The summed E-state index contributed by atoms with van der Waals surface area (Å²) in [7, 11) is 0. The molecule has 0 aromatic carbocycles. The van der Waals surface area contributed by atoms with E-state index < -0.39 is 5.91 Å². The van der Waals surface area contributed by atoms with E-state index >= 15 is 0 Å². The summed E-state index contributed by atoms with van der Waals surface area (Å²) in [6.45, 7) is 3.87. The average molecular weight is 303 g/mol. The normalized spacial score (nSPS) is 12.2. The van der Waals surface area contributed by atoms with Crippen molar-refractivity contribution in [3.63, 3.8) is 0 Å². The van der Waals surface area contributed by atoms with Crippen LogP contribution in [0.15, 0.2) is 15.5 Å². The van der Waals surface area contributed by atoms with Crippen LogP contribution in [0.2, 0.25) is 0 Å². The standard InChI is InChI=1S/C11H15BrN2O3/c1-6(5-15)3-14-11(17)8-4-13-7(2)9(12)10(8)16/h4,6,15H,3,5H2,1-2H3,(H,13,16)(H,14,17)/t6-/m1/s1. The van der Waals surface area contributed by atoms with Crippen molar-refractivity contribution in [2.75, 3.05) is 13.2 Å². The fourth-order valence-corrected chi connectivity index (χ4v) is 1.52. The Morgan fingerprint density at radius 1 is 1.65 bits per heavy atom. The first-order chi connectivity index (χ1) is 7.97. The van der Waals surface area contributed by atoms with Gasteiger partial charge >= 0.3 is 0 Å². The number of H-pyrrole nitrogens is 1. The van der Waals surface area contributed by atoms with Crippen LogP contribution in [0, 0.1) is 12.8 Å². The van der Waals surface area contributed by atoms with Crippen LogP contribution in [-0.4, -0.2) is 29.1 Å². The first kappa shape index (κ1) is 13.9. The van der Waals surface area contributed by atoms with E-state index in [1.165, 1.54) is 6.20 Å². The number of halogens is 1. The number of aromatic nitrogens is 1. The summed E-state index contributed by atoms with van der Waals surface area (Å²) >= 11 is 3.13. The lowest BCUT2D eigenvalue weighted by molar-refractivity contribution is 0.0941. The van der Waals surface area contributed by atoms with Gasteiger partial charge in [0.25, 0.3) is 5.91 Å². The Hall–Kier alpha value is -1.14. The van der Waals surface area contributed by atoms with Crippen LogP contribution >= 0.6 is 15.9 Å². The topological polar surface area (TPSA) is 82.2 Å². The second-order valence-electron chi connectivity index (χ2n) is 3.97. The lowest BCUT2D eigenvalue weighted by atomic mass is 10.2. The van der Waals surface area contributed by atoms with E-state index in [4.69, 9.17) is 5.11 Å². The maximum atomic E-state index is 11.8. The molecule has 1 amide bonds. The number of hydrogen-bond donors (Lipinski definition) is 3. The van der Waals surface area contributed by atoms with Crippen molar-refractivity contribution in [3.05, 3.63) is 32.2 Å². The average Bonchev–Trinajstić information content (AvgIpc) is 2.32. The lowest BCUT2D eigenvalue weighted by Gasteiger charge is -2.09. The van der Waals surface area contributed by atoms with E-state index in [-0.39, 0.29) is 23.5 Å². The van der Waals surface area contributed by atoms with E-state index in [1.54, 1.807) is 13.8 Å². The third kappa shape index (κ3) is 3.41. The number of aryl methyl sites for hydroxylation is 1. The smallest absolute Gasteiger partial charge is 0.256 e. The molecule has 0 aliphatic heterocycles. The number of rotatable bonds is 4. The maximum Gasteiger partial charge on any atom is 0.256 e. The van der Waals surface area contributed by atoms with Crippen LogP contribution in [0.1, 0.15) is 23.0 Å². The molecule has 6 heteroatoms. The molecule has 94 valence electrons. The van der Waals surface area contributed by atoms with Crippen molar-refractivity contribution in [1.82, 2.24) is 10.3 Å². The highest BCUT2D eigenvalue weighted by atomic mass is 79.9. The summed E-state index contributed by atoms with van der Waals surface area (Å²) < 4.78 is 0.361. The van der Waals surface area contributed by atoms with Crippen molar-refractivity contribution in [2.24, 2.45) is 5.92 Å². The van der Waals surface area contributed by atoms with Gasteiger partial charge in [-0.1, -0.05) is 6.92 Å². The number of aliphatic hydroxyl groups is 1. The van der Waals surface area contributed by atoms with Crippen molar-refractivity contribution < 1.29 is 9.90 Å². The van der Waals surface area contributed by atoms with E-state index in [9.17, 15) is 9.59 Å². The van der Waals surface area contributed by atoms with E-state index in [0.29, 0.717) is 16.7 Å². The zero-order valence-corrected chi connectivity index (χ0v) is 11.3. The van der Waals surface area contributed by atoms with Gasteiger partial charge in [-0.3, -0.25) is 9.59 Å². The third-order valence-corrected chi connectivity index (χ3v) is 3.33. The van der Waals surface area contributed by atoms with Crippen LogP contribution in [0.25, 0.3) is 0 Å². The molecule has 1 heterocycles. The van der Waals surface area contributed by atoms with Gasteiger partial charge in [0.1, 0.15) is 5.56 Å². The zero-order chi connectivity index (χ0) is 13.0. The fourth-order valence-electron chi connectivity index (χ4n) is 1.19. The van der Waals surface area contributed by atoms with Gasteiger partial charge in [0.15, 0.2) is 0 Å². The molecular formula is C11H15BrN2O3. The molecule has 5 nitrogen and oxygen atoms in total. The molecule has 17 heavy (non-hydrogen) atoms. The molecule has 0 aliphatic carbocycles. The van der Waals surface area contributed by atoms with Crippen LogP contribution in [-0.2, 0) is 0 Å². The molecule has 1 atom stereocenters. The molecule has 0 radical (unpaired) electrons. The summed E-state index contributed by atoms with van der Waals surface area (Å²) in [4.78, 5) is 26.3. The Labute approximate surface area is 107 Å². The number of carbonyl (C=O) groups is 1. The van der Waals surface area contributed by atoms with Gasteiger partial charge in [-0.15, -0.1) is 0 Å². The first-order valence-corrected chi connectivity index (χ1v) is 6.03. The van der Waals surface area contributed by atoms with Gasteiger partial charge in [-0.2, -0.15) is 0 Å². The zero-order valence-electron chi connectivity index (χ0n) is 9.71. The highest BCUT2D eigenvalue weighted by Gasteiger charge is 2.14. The Morgan fingerprint density at radius 3 is 2.88 bits per heavy atom. The SMILES string of the molecule is Cc1[nH]cc(C(=O)NC[C@@H](C)CO)c(=O)c1Br. The Balaban J connectivity index is 2.84. The molecule has 0 saturated carbocycles. The monoisotopic (exact) mass is 302 g/mol. The van der Waals surface area contributed by atoms with E-state index in [2.05, 4.69) is 26.2 Å². The number of aliphatic hydroxyl groups excluding tert-OH is 1. The highest BCUT2D eigenvalue weighted by molar-refractivity contribution is 9.10. The predicted octanol–water partition coefficient (Wildman–Crippen LogP) is 0.804. The molecule has 1 aromatic rings. The number of aromatic amines is 1. The van der Waals surface area contributed by atoms with E-state index in [1.807, 2.05) is 0 Å². The molecule has 0 aliphatic rings. The Morgan fingerprint density at radius 2 is 2.29 bits per heavy atom. The van der Waals surface area contributed by atoms with Crippen molar-refractivity contribution in [2.45, 2.75) is 13.8 Å². The second kappa shape index (κ2) is 5.97. The third-order valence-electron chi connectivity index (χ3n) is 2.37. The fraction of sp³-hybridized carbons (Fsp3) is 0.455. The number of pyridine rings is 1. The molecule has 0 saturated heterocycles. The van der Waals surface area contributed by atoms with Gasteiger partial charge in [0.2, 0.25) is 5.43 Å². The van der Waals surface area contributed by atoms with Crippen molar-refractivity contribution >= 4 is 21.8 Å². The molecule has 0 bridgehead atoms. The van der Waals surface area contributed by atoms with Gasteiger partial charge in [0.05, 0.1) is 4.47 Å². The Bertz CT molecular complexity index is 470. The summed E-state index contributed by atoms with van der Waals surface area (Å²) in [6, 6.07) is 0. The minimum absolute atomic E-state index is 0.00572. The summed E-state index contributed by atoms with van der Waals surface area (Å²) in [5.74, 6) is -0.473. The summed E-state index contributed by atoms with van der Waals surface area (Å²) in [6.07, 6.45) is 1.39. The van der Waals surface area contributed by atoms with Crippen LogP contribution in [0.5, 0.6) is 0 Å². The number of hydrogen-bond acceptors (Lipinski definition) is 3. The maximum absolute atomic E-state index is 11.8. The molecule has 0 unspecified atom stereocenters. The van der Waals surface area contributed by atoms with Crippen LogP contribution in [0.3, 0.4) is 0 Å². The van der Waals surface area contributed by atoms with Crippen molar-refractivity contribution in [1.29, 1.82) is 0 Å². The predicted molar refractivity (Wildman–Crippen MR) is 68.1 cm³/mol. The minimum atomic E-state index is -0.438. The van der Waals surface area contributed by atoms with Crippen molar-refractivity contribution in [3.8, 4) is 0 Å². The molecule has 0 fully saturated rings.